The molecule has 5 atom stereocenters. The number of nitrogens with zero attached hydrogens (tertiary/aromatic N) is 6. The summed E-state index contributed by atoms with van der Waals surface area (Å²) in [6.07, 6.45) is 7.99. The summed E-state index contributed by atoms with van der Waals surface area (Å²) in [5.41, 5.74) is 0. The van der Waals surface area contributed by atoms with Gasteiger partial charge in [0, 0.05) is 39.0 Å². The van der Waals surface area contributed by atoms with E-state index >= 15 is 0 Å². The van der Waals surface area contributed by atoms with Crippen LogP contribution in [0, 0.1) is 5.92 Å². The Bertz CT molecular complexity index is 918. The van der Waals surface area contributed by atoms with Crippen molar-refractivity contribution in [2.24, 2.45) is 10.9 Å². The minimum absolute atomic E-state index is 0.00831. The Hall–Kier alpha value is -2.91. The number of hydrogen-bond donors (Lipinski definition) is 1. The number of aromatic nitrogens is 3. The average molecular weight is 428 g/mol. The van der Waals surface area contributed by atoms with Crippen LogP contribution in [0.4, 0.5) is 4.79 Å². The number of rotatable bonds is 3. The molecule has 166 valence electrons. The Balaban J connectivity index is 1.27. The number of nitrogens with one attached hydrogen (secondary N) is 1. The monoisotopic (exact) mass is 427 g/mol. The van der Waals surface area contributed by atoms with E-state index in [1.807, 2.05) is 6.20 Å². The number of hydrogen-bond acceptors (Lipinski definition) is 7. The highest BCUT2D eigenvalue weighted by atomic mass is 16.6. The zero-order chi connectivity index (χ0) is 21.5. The second-order valence-electron chi connectivity index (χ2n) is 8.77. The van der Waals surface area contributed by atoms with Gasteiger partial charge in [0.15, 0.2) is 5.82 Å². The summed E-state index contributed by atoms with van der Waals surface area (Å²) >= 11 is 0. The standard InChI is InChI=1S/C21H29N7O3/c1-3-14-10-15(31-21(30)27-8-6-26(7-9-27)13(2)29)11-16(14)20-25-24-18-12-23-19-17(28(18)20)4-5-22-19/h4-5,12,14-17,19,22H,3,6-11H2,1-2H3/t14-,15+,16+,17?,19?/m1/s1. The van der Waals surface area contributed by atoms with E-state index in [-0.39, 0.29) is 36.2 Å². The third-order valence-corrected chi connectivity index (χ3v) is 7.04. The molecule has 2 unspecified atom stereocenters. The van der Waals surface area contributed by atoms with Gasteiger partial charge in [0.25, 0.3) is 0 Å². The summed E-state index contributed by atoms with van der Waals surface area (Å²) in [5.74, 6) is 2.37. The third kappa shape index (κ3) is 3.57. The number of ether oxygens (including phenoxy) is 1. The van der Waals surface area contributed by atoms with Crippen LogP contribution in [0.2, 0.25) is 0 Å². The summed E-state index contributed by atoms with van der Waals surface area (Å²) in [5, 5.41) is 12.2. The first-order chi connectivity index (χ1) is 15.0. The van der Waals surface area contributed by atoms with Gasteiger partial charge in [-0.1, -0.05) is 13.3 Å². The molecule has 0 aromatic carbocycles. The fourth-order valence-electron chi connectivity index (χ4n) is 5.28. The lowest BCUT2D eigenvalue weighted by atomic mass is 9.92. The molecule has 0 spiro atoms. The van der Waals surface area contributed by atoms with E-state index in [0.717, 1.165) is 30.9 Å². The van der Waals surface area contributed by atoms with Gasteiger partial charge in [-0.25, -0.2) is 4.79 Å². The quantitative estimate of drug-likeness (QED) is 0.779. The van der Waals surface area contributed by atoms with Gasteiger partial charge >= 0.3 is 6.09 Å². The van der Waals surface area contributed by atoms with Gasteiger partial charge in [-0.15, -0.1) is 10.2 Å². The van der Waals surface area contributed by atoms with Crippen molar-refractivity contribution in [1.82, 2.24) is 29.9 Å². The van der Waals surface area contributed by atoms with E-state index in [4.69, 9.17) is 4.74 Å². The Morgan fingerprint density at radius 1 is 1.16 bits per heavy atom. The number of carbonyl (C=O) groups excluding carboxylic acids is 2. The molecule has 0 bridgehead atoms. The third-order valence-electron chi connectivity index (χ3n) is 7.04. The van der Waals surface area contributed by atoms with Crippen LogP contribution >= 0.6 is 0 Å². The lowest BCUT2D eigenvalue weighted by Gasteiger charge is -2.34. The summed E-state index contributed by atoms with van der Waals surface area (Å²) in [4.78, 5) is 32.2. The maximum Gasteiger partial charge on any atom is 0.410 e. The molecule has 4 heterocycles. The molecule has 1 N–H and O–H groups in total. The highest BCUT2D eigenvalue weighted by Crippen LogP contribution is 2.44. The minimum atomic E-state index is -0.276. The van der Waals surface area contributed by atoms with Crippen molar-refractivity contribution in [1.29, 1.82) is 0 Å². The van der Waals surface area contributed by atoms with Crippen molar-refractivity contribution in [3.05, 3.63) is 23.9 Å². The largest absolute Gasteiger partial charge is 0.446 e. The fourth-order valence-corrected chi connectivity index (χ4v) is 5.28. The lowest BCUT2D eigenvalue weighted by Crippen LogP contribution is -2.50. The molecule has 10 heteroatoms. The normalized spacial score (nSPS) is 31.4. The maximum atomic E-state index is 12.7. The van der Waals surface area contributed by atoms with E-state index in [9.17, 15) is 9.59 Å². The average Bonchev–Trinajstić information content (AvgIpc) is 3.50. The van der Waals surface area contributed by atoms with Crippen LogP contribution in [0.3, 0.4) is 0 Å². The SMILES string of the molecule is CC[C@@H]1C[C@H](OC(=O)N2CCN(C(C)=O)CC2)C[C@@H]1c1nnc2n1C1C=CNC1N=C2. The summed E-state index contributed by atoms with van der Waals surface area (Å²) in [6, 6.07) is 0.0849. The second kappa shape index (κ2) is 7.97. The molecule has 31 heavy (non-hydrogen) atoms. The Morgan fingerprint density at radius 2 is 1.94 bits per heavy atom. The lowest BCUT2D eigenvalue weighted by molar-refractivity contribution is -0.130. The first kappa shape index (κ1) is 20.0. The van der Waals surface area contributed by atoms with E-state index in [0.29, 0.717) is 32.1 Å². The van der Waals surface area contributed by atoms with E-state index in [1.165, 1.54) is 0 Å². The predicted molar refractivity (Wildman–Crippen MR) is 113 cm³/mol. The zero-order valence-corrected chi connectivity index (χ0v) is 18.0. The molecule has 1 saturated heterocycles. The van der Waals surface area contributed by atoms with Crippen molar-refractivity contribution in [3.8, 4) is 0 Å². The van der Waals surface area contributed by atoms with E-state index < -0.39 is 0 Å². The van der Waals surface area contributed by atoms with Crippen molar-refractivity contribution >= 4 is 18.2 Å². The van der Waals surface area contributed by atoms with Crippen LogP contribution < -0.4 is 5.32 Å². The molecule has 10 nitrogen and oxygen atoms in total. The van der Waals surface area contributed by atoms with Gasteiger partial charge in [-0.3, -0.25) is 14.4 Å². The van der Waals surface area contributed by atoms with E-state index in [1.54, 1.807) is 22.9 Å². The Morgan fingerprint density at radius 3 is 2.68 bits per heavy atom. The van der Waals surface area contributed by atoms with Gasteiger partial charge in [-0.2, -0.15) is 0 Å². The van der Waals surface area contributed by atoms with Gasteiger partial charge in [0.2, 0.25) is 5.91 Å². The zero-order valence-electron chi connectivity index (χ0n) is 18.0. The molecule has 4 aliphatic rings. The summed E-state index contributed by atoms with van der Waals surface area (Å²) in [6.45, 7) is 5.90. The molecule has 1 aromatic rings. The molecular formula is C21H29N7O3. The first-order valence-electron chi connectivity index (χ1n) is 11.2. The number of aliphatic imine (C=N–C) groups is 1. The molecule has 5 rings (SSSR count). The van der Waals surface area contributed by atoms with Crippen molar-refractivity contribution < 1.29 is 14.3 Å². The van der Waals surface area contributed by atoms with Crippen LogP contribution in [-0.2, 0) is 9.53 Å². The van der Waals surface area contributed by atoms with Gasteiger partial charge in [0.05, 0.1) is 12.3 Å². The summed E-state index contributed by atoms with van der Waals surface area (Å²) in [7, 11) is 0. The number of piperazine rings is 1. The minimum Gasteiger partial charge on any atom is -0.446 e. The molecule has 1 saturated carbocycles. The number of amides is 2. The van der Waals surface area contributed by atoms with Crippen molar-refractivity contribution in [3.63, 3.8) is 0 Å². The number of carbonyl (C=O) groups is 2. The van der Waals surface area contributed by atoms with Gasteiger partial charge < -0.3 is 19.9 Å². The highest BCUT2D eigenvalue weighted by molar-refractivity contribution is 5.76. The molecule has 2 amide bonds. The predicted octanol–water partition coefficient (Wildman–Crippen LogP) is 1.27. The maximum absolute atomic E-state index is 12.7. The number of fused-ring (bicyclic) bond motifs is 3. The smallest absolute Gasteiger partial charge is 0.410 e. The molecule has 3 aliphatic heterocycles. The molecule has 2 fully saturated rings. The van der Waals surface area contributed by atoms with Crippen LogP contribution in [0.25, 0.3) is 0 Å². The Labute approximate surface area is 181 Å². The molecule has 0 radical (unpaired) electrons. The van der Waals surface area contributed by atoms with E-state index in [2.05, 4.69) is 38.1 Å². The Kier molecular flexibility index (Phi) is 5.15. The van der Waals surface area contributed by atoms with Crippen molar-refractivity contribution in [2.45, 2.75) is 57.3 Å². The van der Waals surface area contributed by atoms with Crippen LogP contribution in [-0.4, -0.2) is 81.2 Å². The van der Waals surface area contributed by atoms with Gasteiger partial charge in [-0.05, 0) is 31.0 Å². The first-order valence-corrected chi connectivity index (χ1v) is 11.2. The highest BCUT2D eigenvalue weighted by Gasteiger charge is 2.42. The van der Waals surface area contributed by atoms with Crippen LogP contribution in [0.1, 0.15) is 56.7 Å². The molecular weight excluding hydrogens is 398 g/mol. The second-order valence-corrected chi connectivity index (χ2v) is 8.77. The summed E-state index contributed by atoms with van der Waals surface area (Å²) < 4.78 is 8.10. The van der Waals surface area contributed by atoms with Gasteiger partial charge in [0.1, 0.15) is 18.1 Å². The van der Waals surface area contributed by atoms with Crippen LogP contribution in [0.15, 0.2) is 17.3 Å². The topological polar surface area (TPSA) is 105 Å². The molecule has 1 aliphatic carbocycles. The van der Waals surface area contributed by atoms with Crippen molar-refractivity contribution in [2.75, 3.05) is 26.2 Å². The van der Waals surface area contributed by atoms with Crippen LogP contribution in [0.5, 0.6) is 0 Å². The molecule has 1 aromatic heterocycles. The fraction of sp³-hybridized carbons (Fsp3) is 0.667.